The average Bonchev–Trinajstić information content (AvgIpc) is 3.15. The third-order valence-corrected chi connectivity index (χ3v) is 4.83. The first-order chi connectivity index (χ1) is 14.3. The Balaban J connectivity index is 1.86. The van der Waals surface area contributed by atoms with Crippen LogP contribution in [0.2, 0.25) is 0 Å². The average molecular weight is 420 g/mol. The number of rotatable bonds is 4. The van der Waals surface area contributed by atoms with E-state index in [1.54, 1.807) is 25.1 Å². The summed E-state index contributed by atoms with van der Waals surface area (Å²) >= 11 is 0. The van der Waals surface area contributed by atoms with Crippen molar-refractivity contribution in [2.24, 2.45) is 0 Å². The maximum Gasteiger partial charge on any atom is 0.433 e. The predicted molar refractivity (Wildman–Crippen MR) is 102 cm³/mol. The summed E-state index contributed by atoms with van der Waals surface area (Å²) in [7, 11) is 0. The van der Waals surface area contributed by atoms with Crippen molar-refractivity contribution in [1.29, 1.82) is 0 Å². The van der Waals surface area contributed by atoms with Gasteiger partial charge in [-0.05, 0) is 37.6 Å². The van der Waals surface area contributed by atoms with Gasteiger partial charge in [0.15, 0.2) is 22.8 Å². The third kappa shape index (κ3) is 3.64. The van der Waals surface area contributed by atoms with Crippen molar-refractivity contribution < 1.29 is 27.4 Å². The Hall–Kier alpha value is -3.30. The Morgan fingerprint density at radius 3 is 2.67 bits per heavy atom. The van der Waals surface area contributed by atoms with E-state index in [9.17, 15) is 18.0 Å². The normalized spacial score (nSPS) is 14.6. The fourth-order valence-corrected chi connectivity index (χ4v) is 3.08. The topological polar surface area (TPSA) is 77.8 Å². The van der Waals surface area contributed by atoms with Crippen LogP contribution >= 0.6 is 0 Å². The van der Waals surface area contributed by atoms with E-state index in [1.165, 1.54) is 0 Å². The number of aromatic nitrogens is 3. The Morgan fingerprint density at radius 2 is 1.97 bits per heavy atom. The first-order valence-electron chi connectivity index (χ1n) is 9.44. The van der Waals surface area contributed by atoms with Gasteiger partial charge in [0, 0.05) is 11.6 Å². The highest BCUT2D eigenvalue weighted by molar-refractivity contribution is 6.00. The van der Waals surface area contributed by atoms with Crippen LogP contribution in [0.3, 0.4) is 0 Å². The van der Waals surface area contributed by atoms with E-state index < -0.39 is 17.8 Å². The zero-order valence-corrected chi connectivity index (χ0v) is 16.3. The lowest BCUT2D eigenvalue weighted by Gasteiger charge is -2.19. The van der Waals surface area contributed by atoms with Crippen molar-refractivity contribution >= 4 is 11.6 Å². The van der Waals surface area contributed by atoms with Gasteiger partial charge in [-0.2, -0.15) is 18.3 Å². The van der Waals surface area contributed by atoms with E-state index in [2.05, 4.69) is 15.4 Å². The molecular formula is C20H19F3N4O3. The van der Waals surface area contributed by atoms with Crippen LogP contribution in [0.15, 0.2) is 30.5 Å². The molecule has 1 aliphatic rings. The molecule has 4 rings (SSSR count). The number of fused-ring (bicyclic) bond motifs is 2. The van der Waals surface area contributed by atoms with E-state index in [4.69, 9.17) is 9.47 Å². The van der Waals surface area contributed by atoms with Crippen molar-refractivity contribution in [3.05, 3.63) is 41.7 Å². The molecule has 0 spiro atoms. The highest BCUT2D eigenvalue weighted by atomic mass is 19.4. The molecule has 1 aromatic carbocycles. The number of carbonyl (C=O) groups excluding carboxylic acids is 1. The highest BCUT2D eigenvalue weighted by Gasteiger charge is 2.36. The fourth-order valence-electron chi connectivity index (χ4n) is 3.08. The van der Waals surface area contributed by atoms with Crippen molar-refractivity contribution in [2.75, 3.05) is 13.2 Å². The largest absolute Gasteiger partial charge is 0.486 e. The van der Waals surface area contributed by atoms with Gasteiger partial charge in [0.1, 0.15) is 18.8 Å². The van der Waals surface area contributed by atoms with Crippen LogP contribution < -0.4 is 14.8 Å². The summed E-state index contributed by atoms with van der Waals surface area (Å²) < 4.78 is 52.8. The van der Waals surface area contributed by atoms with Crippen LogP contribution in [0.1, 0.15) is 36.3 Å². The number of benzene rings is 1. The molecule has 1 amide bonds. The summed E-state index contributed by atoms with van der Waals surface area (Å²) in [4.78, 5) is 16.9. The molecule has 1 atom stereocenters. The van der Waals surface area contributed by atoms with Crippen LogP contribution in [0.25, 0.3) is 16.9 Å². The maximum absolute atomic E-state index is 13.7. The molecule has 30 heavy (non-hydrogen) atoms. The molecule has 3 heterocycles. The Labute approximate surface area is 169 Å². The molecular weight excluding hydrogens is 401 g/mol. The van der Waals surface area contributed by atoms with Gasteiger partial charge >= 0.3 is 6.18 Å². The van der Waals surface area contributed by atoms with Crippen LogP contribution in [-0.2, 0) is 6.18 Å². The Bertz CT molecular complexity index is 1110. The first-order valence-corrected chi connectivity index (χ1v) is 9.44. The summed E-state index contributed by atoms with van der Waals surface area (Å²) in [6.07, 6.45) is -2.92. The number of ether oxygens (including phenoxy) is 2. The van der Waals surface area contributed by atoms with E-state index >= 15 is 0 Å². The van der Waals surface area contributed by atoms with Gasteiger partial charge in [0.25, 0.3) is 5.91 Å². The second kappa shape index (κ2) is 7.51. The van der Waals surface area contributed by atoms with Gasteiger partial charge in [-0.25, -0.2) is 9.50 Å². The van der Waals surface area contributed by atoms with Gasteiger partial charge in [-0.1, -0.05) is 6.92 Å². The maximum atomic E-state index is 13.7. The zero-order chi connectivity index (χ0) is 21.5. The van der Waals surface area contributed by atoms with Crippen molar-refractivity contribution in [3.8, 4) is 22.8 Å². The fraction of sp³-hybridized carbons (Fsp3) is 0.350. The molecule has 1 aliphatic heterocycles. The molecule has 0 saturated heterocycles. The predicted octanol–water partition coefficient (Wildman–Crippen LogP) is 3.71. The SMILES string of the molecule is CCC(C)NC(=O)c1cnn2c(C(F)(F)F)cc(-c3ccc4c(c3)OCCO4)nc12. The molecule has 10 heteroatoms. The summed E-state index contributed by atoms with van der Waals surface area (Å²) in [5.41, 5.74) is -0.776. The molecule has 0 bridgehead atoms. The minimum atomic E-state index is -4.69. The minimum absolute atomic E-state index is 0.0276. The Morgan fingerprint density at radius 1 is 1.23 bits per heavy atom. The minimum Gasteiger partial charge on any atom is -0.486 e. The number of alkyl halides is 3. The van der Waals surface area contributed by atoms with E-state index in [1.807, 2.05) is 6.92 Å². The molecule has 1 unspecified atom stereocenters. The summed E-state index contributed by atoms with van der Waals surface area (Å²) in [5, 5.41) is 6.51. The molecule has 1 N–H and O–H groups in total. The standard InChI is InChI=1S/C20H19F3N4O3/c1-3-11(2)25-19(28)13-10-24-27-17(20(21,22)23)9-14(26-18(13)27)12-4-5-15-16(8-12)30-7-6-29-15/h4-5,8-11H,3,6-7H2,1-2H3,(H,25,28). The molecule has 0 fully saturated rings. The van der Waals surface area contributed by atoms with E-state index in [0.717, 1.165) is 12.3 Å². The lowest BCUT2D eigenvalue weighted by Crippen LogP contribution is -2.32. The second-order valence-electron chi connectivity index (χ2n) is 6.96. The molecule has 2 aromatic heterocycles. The Kier molecular flexibility index (Phi) is 5.00. The number of halogens is 3. The zero-order valence-electron chi connectivity index (χ0n) is 16.3. The summed E-state index contributed by atoms with van der Waals surface area (Å²) in [5.74, 6) is 0.414. The lowest BCUT2D eigenvalue weighted by molar-refractivity contribution is -0.142. The molecule has 3 aromatic rings. The molecule has 7 nitrogen and oxygen atoms in total. The van der Waals surface area contributed by atoms with Crippen LogP contribution in [-0.4, -0.2) is 39.8 Å². The van der Waals surface area contributed by atoms with Crippen molar-refractivity contribution in [2.45, 2.75) is 32.5 Å². The smallest absolute Gasteiger partial charge is 0.433 e. The molecule has 0 radical (unpaired) electrons. The second-order valence-corrected chi connectivity index (χ2v) is 6.96. The lowest BCUT2D eigenvalue weighted by atomic mass is 10.1. The van der Waals surface area contributed by atoms with E-state index in [-0.39, 0.29) is 22.9 Å². The highest BCUT2D eigenvalue weighted by Crippen LogP contribution is 2.36. The number of nitrogens with one attached hydrogen (secondary N) is 1. The number of hydrogen-bond acceptors (Lipinski definition) is 5. The summed E-state index contributed by atoms with van der Waals surface area (Å²) in [6.45, 7) is 4.44. The molecule has 0 aliphatic carbocycles. The van der Waals surface area contributed by atoms with Crippen LogP contribution in [0, 0.1) is 0 Å². The monoisotopic (exact) mass is 420 g/mol. The van der Waals surface area contributed by atoms with Gasteiger partial charge in [0.2, 0.25) is 0 Å². The van der Waals surface area contributed by atoms with Crippen molar-refractivity contribution in [3.63, 3.8) is 0 Å². The number of amides is 1. The molecule has 158 valence electrons. The van der Waals surface area contributed by atoms with E-state index in [0.29, 0.717) is 41.2 Å². The van der Waals surface area contributed by atoms with Gasteiger partial charge in [-0.3, -0.25) is 4.79 Å². The number of carbonyl (C=O) groups is 1. The van der Waals surface area contributed by atoms with Crippen LogP contribution in [0.5, 0.6) is 11.5 Å². The molecule has 0 saturated carbocycles. The van der Waals surface area contributed by atoms with Gasteiger partial charge in [0.05, 0.1) is 11.9 Å². The van der Waals surface area contributed by atoms with Gasteiger partial charge in [-0.15, -0.1) is 0 Å². The number of hydrogen-bond donors (Lipinski definition) is 1. The van der Waals surface area contributed by atoms with Crippen LogP contribution in [0.4, 0.5) is 13.2 Å². The first kappa shape index (κ1) is 20.0. The van der Waals surface area contributed by atoms with Crippen molar-refractivity contribution in [1.82, 2.24) is 19.9 Å². The third-order valence-electron chi connectivity index (χ3n) is 4.83. The summed E-state index contributed by atoms with van der Waals surface area (Å²) in [6, 6.07) is 5.55. The quantitative estimate of drug-likeness (QED) is 0.696. The van der Waals surface area contributed by atoms with Gasteiger partial charge < -0.3 is 14.8 Å². The number of nitrogens with zero attached hydrogens (tertiary/aromatic N) is 3.